The Morgan fingerprint density at radius 2 is 1.81 bits per heavy atom. The molecule has 3 aromatic rings. The van der Waals surface area contributed by atoms with Crippen molar-refractivity contribution in [3.05, 3.63) is 65.9 Å². The van der Waals surface area contributed by atoms with Crippen molar-refractivity contribution >= 4 is 22.8 Å². The zero-order chi connectivity index (χ0) is 18.5. The lowest BCUT2D eigenvalue weighted by atomic mass is 10.0. The highest BCUT2D eigenvalue weighted by Crippen LogP contribution is 2.19. The Bertz CT molecular complexity index is 915. The summed E-state index contributed by atoms with van der Waals surface area (Å²) in [6.07, 6.45) is 2.18. The van der Waals surface area contributed by atoms with Gasteiger partial charge in [-0.3, -0.25) is 4.79 Å². The van der Waals surface area contributed by atoms with Crippen molar-refractivity contribution in [1.29, 1.82) is 0 Å². The third kappa shape index (κ3) is 3.69. The molecule has 1 amide bonds. The van der Waals surface area contributed by atoms with Crippen LogP contribution in [0.1, 0.15) is 15.9 Å². The molecular formula is C20H20N2O4. The molecule has 0 aliphatic carbocycles. The highest BCUT2D eigenvalue weighted by atomic mass is 16.5. The fourth-order valence-electron chi connectivity index (χ4n) is 2.84. The number of hydrogen-bond acceptors (Lipinski definition) is 4. The molecule has 0 aliphatic rings. The van der Waals surface area contributed by atoms with Gasteiger partial charge in [0.1, 0.15) is 11.8 Å². The summed E-state index contributed by atoms with van der Waals surface area (Å²) in [5.41, 5.74) is 2.36. The summed E-state index contributed by atoms with van der Waals surface area (Å²) in [4.78, 5) is 27.8. The number of amides is 1. The predicted octanol–water partition coefficient (Wildman–Crippen LogP) is 2.69. The summed E-state index contributed by atoms with van der Waals surface area (Å²) in [5.74, 6) is -0.176. The van der Waals surface area contributed by atoms with Crippen molar-refractivity contribution in [3.63, 3.8) is 0 Å². The molecule has 0 saturated heterocycles. The standard InChI is InChI=1S/C20H20N2O4/c1-25-15-9-7-13(8-10-15)19(23)22-18(20(24)26-2)11-14-12-21-17-6-4-3-5-16(14)17/h3-10,12,18,21H,11H2,1-2H3,(H,22,23)/t18-/m0/s1. The van der Waals surface area contributed by atoms with E-state index in [9.17, 15) is 9.59 Å². The minimum Gasteiger partial charge on any atom is -0.497 e. The first-order chi connectivity index (χ1) is 12.6. The van der Waals surface area contributed by atoms with Gasteiger partial charge in [0, 0.05) is 29.1 Å². The minimum atomic E-state index is -0.784. The highest BCUT2D eigenvalue weighted by molar-refractivity contribution is 5.97. The second-order valence-corrected chi connectivity index (χ2v) is 5.84. The van der Waals surface area contributed by atoms with Gasteiger partial charge < -0.3 is 19.8 Å². The summed E-state index contributed by atoms with van der Waals surface area (Å²) in [6, 6.07) is 13.7. The number of methoxy groups -OCH3 is 2. The monoisotopic (exact) mass is 352 g/mol. The van der Waals surface area contributed by atoms with Crippen LogP contribution in [0.5, 0.6) is 5.75 Å². The van der Waals surface area contributed by atoms with Crippen LogP contribution in [0.2, 0.25) is 0 Å². The average Bonchev–Trinajstić information content (AvgIpc) is 3.09. The van der Waals surface area contributed by atoms with Gasteiger partial charge in [-0.2, -0.15) is 0 Å². The molecule has 0 unspecified atom stereocenters. The lowest BCUT2D eigenvalue weighted by molar-refractivity contribution is -0.142. The van der Waals surface area contributed by atoms with Crippen LogP contribution < -0.4 is 10.1 Å². The van der Waals surface area contributed by atoms with Crippen LogP contribution in [0.4, 0.5) is 0 Å². The zero-order valence-electron chi connectivity index (χ0n) is 14.6. The Balaban J connectivity index is 1.79. The van der Waals surface area contributed by atoms with E-state index in [1.807, 2.05) is 30.5 Å². The van der Waals surface area contributed by atoms with Gasteiger partial charge in [0.15, 0.2) is 0 Å². The zero-order valence-corrected chi connectivity index (χ0v) is 14.6. The second-order valence-electron chi connectivity index (χ2n) is 5.84. The largest absolute Gasteiger partial charge is 0.497 e. The Morgan fingerprint density at radius 3 is 2.50 bits per heavy atom. The number of H-pyrrole nitrogens is 1. The van der Waals surface area contributed by atoms with Gasteiger partial charge in [-0.25, -0.2) is 4.79 Å². The lowest BCUT2D eigenvalue weighted by Gasteiger charge is -2.16. The lowest BCUT2D eigenvalue weighted by Crippen LogP contribution is -2.43. The van der Waals surface area contributed by atoms with E-state index in [0.717, 1.165) is 16.5 Å². The number of hydrogen-bond donors (Lipinski definition) is 2. The van der Waals surface area contributed by atoms with Gasteiger partial charge in [0.2, 0.25) is 0 Å². The van der Waals surface area contributed by atoms with Crippen molar-refractivity contribution in [3.8, 4) is 5.75 Å². The third-order valence-corrected chi connectivity index (χ3v) is 4.24. The summed E-state index contributed by atoms with van der Waals surface area (Å²) < 4.78 is 9.95. The first-order valence-corrected chi connectivity index (χ1v) is 8.20. The van der Waals surface area contributed by atoms with Crippen LogP contribution in [-0.2, 0) is 16.0 Å². The van der Waals surface area contributed by atoms with Crippen LogP contribution in [0.3, 0.4) is 0 Å². The fraction of sp³-hybridized carbons (Fsp3) is 0.200. The molecule has 1 atom stereocenters. The molecule has 6 nitrogen and oxygen atoms in total. The summed E-state index contributed by atoms with van der Waals surface area (Å²) >= 11 is 0. The van der Waals surface area contributed by atoms with Crippen LogP contribution >= 0.6 is 0 Å². The molecule has 0 aliphatic heterocycles. The molecule has 0 spiro atoms. The molecule has 2 aromatic carbocycles. The van der Waals surface area contributed by atoms with Crippen molar-refractivity contribution in [2.24, 2.45) is 0 Å². The van der Waals surface area contributed by atoms with Crippen LogP contribution in [0.15, 0.2) is 54.7 Å². The van der Waals surface area contributed by atoms with Gasteiger partial charge in [0.25, 0.3) is 5.91 Å². The topological polar surface area (TPSA) is 80.4 Å². The van der Waals surface area contributed by atoms with Gasteiger partial charge in [-0.1, -0.05) is 18.2 Å². The third-order valence-electron chi connectivity index (χ3n) is 4.24. The first kappa shape index (κ1) is 17.5. The molecule has 0 bridgehead atoms. The molecule has 1 aromatic heterocycles. The maximum absolute atomic E-state index is 12.5. The minimum absolute atomic E-state index is 0.332. The number of aromatic nitrogens is 1. The van der Waals surface area contributed by atoms with Gasteiger partial charge in [-0.15, -0.1) is 0 Å². The average molecular weight is 352 g/mol. The number of ether oxygens (including phenoxy) is 2. The SMILES string of the molecule is COC(=O)[C@H](Cc1c[nH]c2ccccc12)NC(=O)c1ccc(OC)cc1. The second kappa shape index (κ2) is 7.74. The number of benzene rings is 2. The van der Waals surface area contributed by atoms with Gasteiger partial charge in [0.05, 0.1) is 14.2 Å². The molecule has 0 fully saturated rings. The van der Waals surface area contributed by atoms with E-state index in [0.29, 0.717) is 17.7 Å². The molecule has 3 rings (SSSR count). The molecular weight excluding hydrogens is 332 g/mol. The summed E-state index contributed by atoms with van der Waals surface area (Å²) in [5, 5.41) is 3.77. The van der Waals surface area contributed by atoms with E-state index in [-0.39, 0.29) is 5.91 Å². The number of carbonyl (C=O) groups excluding carboxylic acids is 2. The van der Waals surface area contributed by atoms with Gasteiger partial charge in [-0.05, 0) is 35.9 Å². The van der Waals surface area contributed by atoms with E-state index in [1.165, 1.54) is 7.11 Å². The Hall–Kier alpha value is -3.28. The maximum Gasteiger partial charge on any atom is 0.328 e. The van der Waals surface area contributed by atoms with Gasteiger partial charge >= 0.3 is 5.97 Å². The number of rotatable bonds is 6. The molecule has 2 N–H and O–H groups in total. The number of para-hydroxylation sites is 1. The quantitative estimate of drug-likeness (QED) is 0.669. The highest BCUT2D eigenvalue weighted by Gasteiger charge is 2.23. The molecule has 134 valence electrons. The smallest absolute Gasteiger partial charge is 0.328 e. The summed E-state index contributed by atoms with van der Waals surface area (Å²) in [6.45, 7) is 0. The molecule has 1 heterocycles. The van der Waals surface area contributed by atoms with Crippen LogP contribution in [0.25, 0.3) is 10.9 Å². The van der Waals surface area contributed by atoms with E-state index in [4.69, 9.17) is 9.47 Å². The number of esters is 1. The first-order valence-electron chi connectivity index (χ1n) is 8.20. The van der Waals surface area contributed by atoms with Crippen molar-refractivity contribution in [2.75, 3.05) is 14.2 Å². The fourth-order valence-corrected chi connectivity index (χ4v) is 2.84. The number of fused-ring (bicyclic) bond motifs is 1. The molecule has 6 heteroatoms. The van der Waals surface area contributed by atoms with Crippen molar-refractivity contribution < 1.29 is 19.1 Å². The van der Waals surface area contributed by atoms with E-state index >= 15 is 0 Å². The number of nitrogens with one attached hydrogen (secondary N) is 2. The normalized spacial score (nSPS) is 11.8. The number of aromatic amines is 1. The summed E-state index contributed by atoms with van der Waals surface area (Å²) in [7, 11) is 2.87. The molecule has 0 saturated carbocycles. The Kier molecular flexibility index (Phi) is 5.22. The van der Waals surface area contributed by atoms with Crippen LogP contribution in [0, 0.1) is 0 Å². The predicted molar refractivity (Wildman–Crippen MR) is 98.3 cm³/mol. The van der Waals surface area contributed by atoms with E-state index < -0.39 is 12.0 Å². The van der Waals surface area contributed by atoms with Crippen LogP contribution in [-0.4, -0.2) is 37.1 Å². The number of carbonyl (C=O) groups is 2. The Morgan fingerprint density at radius 1 is 1.08 bits per heavy atom. The Labute approximate surface area is 151 Å². The van der Waals surface area contributed by atoms with Crippen molar-refractivity contribution in [1.82, 2.24) is 10.3 Å². The molecule has 26 heavy (non-hydrogen) atoms. The van der Waals surface area contributed by atoms with Crippen molar-refractivity contribution in [2.45, 2.75) is 12.5 Å². The maximum atomic E-state index is 12.5. The molecule has 0 radical (unpaired) electrons. The van der Waals surface area contributed by atoms with E-state index in [2.05, 4.69) is 10.3 Å². The van der Waals surface area contributed by atoms with E-state index in [1.54, 1.807) is 31.4 Å².